The van der Waals surface area contributed by atoms with Crippen LogP contribution in [0.15, 0.2) is 27.8 Å². The van der Waals surface area contributed by atoms with Gasteiger partial charge < -0.3 is 9.73 Å². The summed E-state index contributed by atoms with van der Waals surface area (Å²) in [6, 6.07) is 1.54. The molecule has 110 valence electrons. The van der Waals surface area contributed by atoms with Crippen molar-refractivity contribution in [3.8, 4) is 0 Å². The Morgan fingerprint density at radius 3 is 2.75 bits per heavy atom. The Morgan fingerprint density at radius 2 is 2.15 bits per heavy atom. The van der Waals surface area contributed by atoms with Gasteiger partial charge in [0.1, 0.15) is 16.4 Å². The van der Waals surface area contributed by atoms with Crippen molar-refractivity contribution in [3.05, 3.63) is 35.5 Å². The minimum atomic E-state index is -3.59. The predicted octanol–water partition coefficient (Wildman–Crippen LogP) is 0.519. The van der Waals surface area contributed by atoms with E-state index in [2.05, 4.69) is 15.1 Å². The normalized spacial score (nSPS) is 11.9. The monoisotopic (exact) mass is 298 g/mol. The second-order valence-corrected chi connectivity index (χ2v) is 6.25. The van der Waals surface area contributed by atoms with Gasteiger partial charge in [0.05, 0.1) is 12.7 Å². The molecule has 0 aromatic carbocycles. The second-order valence-electron chi connectivity index (χ2n) is 4.51. The van der Waals surface area contributed by atoms with Crippen LogP contribution in [0.1, 0.15) is 17.1 Å². The molecule has 0 aliphatic heterocycles. The third kappa shape index (κ3) is 3.27. The van der Waals surface area contributed by atoms with Gasteiger partial charge in [0.25, 0.3) is 0 Å². The average Bonchev–Trinajstić information content (AvgIpc) is 2.94. The van der Waals surface area contributed by atoms with Crippen LogP contribution < -0.4 is 10.0 Å². The number of sulfonamides is 1. The van der Waals surface area contributed by atoms with Crippen molar-refractivity contribution < 1.29 is 12.8 Å². The van der Waals surface area contributed by atoms with E-state index in [4.69, 9.17) is 4.42 Å². The number of rotatable bonds is 6. The molecule has 0 saturated heterocycles. The van der Waals surface area contributed by atoms with E-state index in [0.717, 1.165) is 5.56 Å². The molecule has 2 rings (SSSR count). The molecule has 0 aliphatic carbocycles. The number of nitrogens with zero attached hydrogens (tertiary/aromatic N) is 2. The minimum Gasteiger partial charge on any atom is -0.464 e. The van der Waals surface area contributed by atoms with Gasteiger partial charge in [0, 0.05) is 31.4 Å². The maximum atomic E-state index is 12.2. The summed E-state index contributed by atoms with van der Waals surface area (Å²) in [7, 11) is -0.0354. The lowest BCUT2D eigenvalue weighted by atomic mass is 10.4. The summed E-state index contributed by atoms with van der Waals surface area (Å²) in [6.07, 6.45) is 3.38. The van der Waals surface area contributed by atoms with Crippen molar-refractivity contribution in [2.75, 3.05) is 7.05 Å². The van der Waals surface area contributed by atoms with Crippen molar-refractivity contribution in [3.63, 3.8) is 0 Å². The van der Waals surface area contributed by atoms with Crippen molar-refractivity contribution in [1.82, 2.24) is 19.8 Å². The summed E-state index contributed by atoms with van der Waals surface area (Å²) >= 11 is 0. The molecule has 8 heteroatoms. The number of aryl methyl sites for hydroxylation is 2. The molecule has 0 bridgehead atoms. The fraction of sp³-hybridized carbons (Fsp3) is 0.417. The Labute approximate surface area is 118 Å². The first-order chi connectivity index (χ1) is 9.42. The number of furan rings is 1. The second kappa shape index (κ2) is 5.78. The maximum absolute atomic E-state index is 12.2. The lowest BCUT2D eigenvalue weighted by Crippen LogP contribution is -2.23. The highest BCUT2D eigenvalue weighted by Crippen LogP contribution is 2.20. The van der Waals surface area contributed by atoms with E-state index in [1.165, 1.54) is 6.07 Å². The Balaban J connectivity index is 2.13. The van der Waals surface area contributed by atoms with Crippen molar-refractivity contribution in [1.29, 1.82) is 0 Å². The van der Waals surface area contributed by atoms with E-state index in [1.54, 1.807) is 38.1 Å². The zero-order valence-electron chi connectivity index (χ0n) is 11.7. The number of hydrogen-bond acceptors (Lipinski definition) is 5. The van der Waals surface area contributed by atoms with Gasteiger partial charge in [-0.25, -0.2) is 13.1 Å². The number of aromatic nitrogens is 2. The van der Waals surface area contributed by atoms with Crippen molar-refractivity contribution in [2.45, 2.75) is 24.9 Å². The van der Waals surface area contributed by atoms with Gasteiger partial charge in [-0.05, 0) is 14.0 Å². The third-order valence-electron chi connectivity index (χ3n) is 2.79. The topological polar surface area (TPSA) is 89.2 Å². The van der Waals surface area contributed by atoms with Gasteiger partial charge >= 0.3 is 0 Å². The van der Waals surface area contributed by atoms with Gasteiger partial charge in [-0.3, -0.25) is 4.68 Å². The molecule has 0 aliphatic rings. The summed E-state index contributed by atoms with van der Waals surface area (Å²) in [5.74, 6) is 0.973. The molecule has 2 heterocycles. The van der Waals surface area contributed by atoms with E-state index in [1.807, 2.05) is 0 Å². The van der Waals surface area contributed by atoms with Gasteiger partial charge in [-0.15, -0.1) is 0 Å². The van der Waals surface area contributed by atoms with E-state index in [9.17, 15) is 8.42 Å². The molecule has 0 saturated carbocycles. The Bertz CT molecular complexity index is 687. The van der Waals surface area contributed by atoms with Crippen LogP contribution in [0.5, 0.6) is 0 Å². The molecule has 2 N–H and O–H groups in total. The summed E-state index contributed by atoms with van der Waals surface area (Å²) in [4.78, 5) is 0.173. The Kier molecular flexibility index (Phi) is 4.26. The van der Waals surface area contributed by atoms with Crippen LogP contribution in [0.2, 0.25) is 0 Å². The number of hydrogen-bond donors (Lipinski definition) is 2. The lowest BCUT2D eigenvalue weighted by Gasteiger charge is -2.03. The van der Waals surface area contributed by atoms with Crippen LogP contribution in [0.25, 0.3) is 0 Å². The third-order valence-corrected chi connectivity index (χ3v) is 4.30. The molecule has 2 aromatic rings. The highest BCUT2D eigenvalue weighted by atomic mass is 32.2. The van der Waals surface area contributed by atoms with Gasteiger partial charge in [0.15, 0.2) is 0 Å². The first-order valence-electron chi connectivity index (χ1n) is 6.13. The van der Waals surface area contributed by atoms with E-state index in [-0.39, 0.29) is 11.4 Å². The summed E-state index contributed by atoms with van der Waals surface area (Å²) in [5.41, 5.74) is 0.799. The molecular weight excluding hydrogens is 280 g/mol. The quantitative estimate of drug-likeness (QED) is 0.811. The summed E-state index contributed by atoms with van der Waals surface area (Å²) in [5, 5.41) is 6.91. The Morgan fingerprint density at radius 1 is 1.40 bits per heavy atom. The van der Waals surface area contributed by atoms with Crippen molar-refractivity contribution in [2.24, 2.45) is 7.05 Å². The van der Waals surface area contributed by atoms with Crippen LogP contribution in [-0.2, 0) is 30.2 Å². The maximum Gasteiger partial charge on any atom is 0.244 e. The molecule has 0 radical (unpaired) electrons. The zero-order valence-corrected chi connectivity index (χ0v) is 12.5. The van der Waals surface area contributed by atoms with Gasteiger partial charge in [-0.1, -0.05) is 0 Å². The molecule has 20 heavy (non-hydrogen) atoms. The summed E-state index contributed by atoms with van der Waals surface area (Å²) < 4.78 is 34.0. The van der Waals surface area contributed by atoms with Crippen molar-refractivity contribution >= 4 is 10.0 Å². The fourth-order valence-electron chi connectivity index (χ4n) is 1.87. The lowest BCUT2D eigenvalue weighted by molar-refractivity contribution is 0.465. The van der Waals surface area contributed by atoms with Crippen LogP contribution in [-0.4, -0.2) is 25.2 Å². The number of nitrogens with one attached hydrogen (secondary N) is 2. The SMILES string of the molecule is CNCc1cc(S(=O)(=O)NCc2cnn(C)c2)c(C)o1. The molecular formula is C12H18N4O3S. The Hall–Kier alpha value is -1.64. The highest BCUT2D eigenvalue weighted by molar-refractivity contribution is 7.89. The first-order valence-corrected chi connectivity index (χ1v) is 7.62. The van der Waals surface area contributed by atoms with Gasteiger partial charge in [-0.2, -0.15) is 5.10 Å². The van der Waals surface area contributed by atoms with Crippen LogP contribution in [0.3, 0.4) is 0 Å². The summed E-state index contributed by atoms with van der Waals surface area (Å²) in [6.45, 7) is 2.32. The fourth-order valence-corrected chi connectivity index (χ4v) is 3.09. The molecule has 0 spiro atoms. The van der Waals surface area contributed by atoms with Gasteiger partial charge in [0.2, 0.25) is 10.0 Å². The first kappa shape index (κ1) is 14.8. The average molecular weight is 298 g/mol. The minimum absolute atomic E-state index is 0.173. The van der Waals surface area contributed by atoms with E-state index < -0.39 is 10.0 Å². The zero-order chi connectivity index (χ0) is 14.8. The van der Waals surface area contributed by atoms with E-state index in [0.29, 0.717) is 18.1 Å². The largest absolute Gasteiger partial charge is 0.464 e. The van der Waals surface area contributed by atoms with Crippen LogP contribution >= 0.6 is 0 Å². The molecule has 0 amide bonds. The predicted molar refractivity (Wildman–Crippen MR) is 73.4 cm³/mol. The van der Waals surface area contributed by atoms with Crippen LogP contribution in [0, 0.1) is 6.92 Å². The molecule has 7 nitrogen and oxygen atoms in total. The standard InChI is InChI=1S/C12H18N4O3S/c1-9-12(4-11(19-9)7-13-2)20(17,18)15-6-10-5-14-16(3)8-10/h4-5,8,13,15H,6-7H2,1-3H3. The van der Waals surface area contributed by atoms with E-state index >= 15 is 0 Å². The molecule has 0 unspecified atom stereocenters. The van der Waals surface area contributed by atoms with Crippen LogP contribution in [0.4, 0.5) is 0 Å². The molecule has 0 fully saturated rings. The molecule has 2 aromatic heterocycles. The molecule has 0 atom stereocenters. The highest BCUT2D eigenvalue weighted by Gasteiger charge is 2.21. The smallest absolute Gasteiger partial charge is 0.244 e.